The summed E-state index contributed by atoms with van der Waals surface area (Å²) in [6.45, 7) is 0. The van der Waals surface area contributed by atoms with E-state index in [2.05, 4.69) is 238 Å². The molecule has 298 valence electrons. The number of aromatic nitrogens is 3. The molecule has 0 saturated carbocycles. The van der Waals surface area contributed by atoms with Crippen LogP contribution >= 0.6 is 0 Å². The van der Waals surface area contributed by atoms with Crippen LogP contribution in [0.25, 0.3) is 124 Å². The summed E-state index contributed by atoms with van der Waals surface area (Å²) in [4.78, 5) is 0. The van der Waals surface area contributed by atoms with Crippen molar-refractivity contribution in [2.75, 3.05) is 0 Å². The molecule has 0 atom stereocenters. The van der Waals surface area contributed by atoms with Crippen LogP contribution < -0.4 is 0 Å². The Hall–Kier alpha value is -7.88. The molecule has 0 unspecified atom stereocenters. The summed E-state index contributed by atoms with van der Waals surface area (Å²) >= 11 is 0.144. The summed E-state index contributed by atoms with van der Waals surface area (Å²) in [6.07, 6.45) is 0. The van der Waals surface area contributed by atoms with E-state index in [4.69, 9.17) is 0 Å². The van der Waals surface area contributed by atoms with Crippen molar-refractivity contribution in [3.05, 3.63) is 224 Å². The first kappa shape index (κ1) is 35.7. The minimum absolute atomic E-state index is 0.144. The zero-order valence-corrected chi connectivity index (χ0v) is 36.3. The summed E-state index contributed by atoms with van der Waals surface area (Å²) < 4.78 is 10.3. The van der Waals surface area contributed by atoms with Gasteiger partial charge in [0.15, 0.2) is 0 Å². The molecule has 0 fully saturated rings. The van der Waals surface area contributed by atoms with Crippen LogP contribution in [-0.2, 0) is 0 Å². The van der Waals surface area contributed by atoms with Gasteiger partial charge in [0, 0.05) is 10.8 Å². The van der Waals surface area contributed by atoms with Crippen LogP contribution in [0.4, 0.5) is 0 Å². The number of hydrogen-bond donors (Lipinski definition) is 0. The molecule has 0 spiro atoms. The van der Waals surface area contributed by atoms with Crippen molar-refractivity contribution in [1.29, 1.82) is 0 Å². The zero-order valence-electron chi connectivity index (χ0n) is 34.6. The number of para-hydroxylation sites is 4. The molecule has 3 nitrogen and oxygen atoms in total. The fraction of sp³-hybridized carbons (Fsp3) is 0. The van der Waals surface area contributed by atoms with Gasteiger partial charge in [0.25, 0.3) is 0 Å². The van der Waals surface area contributed by atoms with Crippen molar-refractivity contribution in [2.24, 2.45) is 0 Å². The number of nitrogens with zero attached hydrogens (tertiary/aromatic N) is 3. The first-order valence-corrected chi connectivity index (χ1v) is 23.6. The van der Waals surface area contributed by atoms with Gasteiger partial charge < -0.3 is 4.57 Å². The third kappa shape index (κ3) is 5.15. The first-order valence-electron chi connectivity index (χ1n) is 21.9. The summed E-state index contributed by atoms with van der Waals surface area (Å²) in [6, 6.07) is 83.1. The second-order valence-corrected chi connectivity index (χ2v) is 19.1. The Labute approximate surface area is 374 Å². The molecule has 0 saturated heterocycles. The van der Waals surface area contributed by atoms with E-state index < -0.39 is 0 Å². The number of benzene rings is 10. The Bertz CT molecular complexity index is 4140. The summed E-state index contributed by atoms with van der Waals surface area (Å²) in [5, 5.41) is 10.2. The average Bonchev–Trinajstić information content (AvgIpc) is 4.10. The predicted molar refractivity (Wildman–Crippen MR) is 272 cm³/mol. The van der Waals surface area contributed by atoms with Gasteiger partial charge in [-0.05, 0) is 12.1 Å². The average molecular weight is 879 g/mol. The summed E-state index contributed by atoms with van der Waals surface area (Å²) in [5.41, 5.74) is 15.9. The Morgan fingerprint density at radius 3 is 1.48 bits per heavy atom. The molecule has 14 rings (SSSR count). The number of hydrogen-bond acceptors (Lipinski definition) is 0. The third-order valence-corrected chi connectivity index (χ3v) is 16.0. The molecule has 4 heterocycles. The van der Waals surface area contributed by atoms with Gasteiger partial charge >= 0.3 is 302 Å². The van der Waals surface area contributed by atoms with E-state index in [0.29, 0.717) is 0 Å². The molecule has 64 heavy (non-hydrogen) atoms. The van der Waals surface area contributed by atoms with Gasteiger partial charge in [0.2, 0.25) is 0 Å². The second kappa shape index (κ2) is 13.8. The molecular formula is C60H37N3Se. The second-order valence-electron chi connectivity index (χ2n) is 16.9. The minimum atomic E-state index is 0.144. The van der Waals surface area contributed by atoms with Crippen molar-refractivity contribution >= 4 is 99.2 Å². The van der Waals surface area contributed by atoms with Crippen LogP contribution in [0.1, 0.15) is 0 Å². The molecular weight excluding hydrogens is 842 g/mol. The van der Waals surface area contributed by atoms with Crippen molar-refractivity contribution in [2.45, 2.75) is 0 Å². The Balaban J connectivity index is 0.980. The Morgan fingerprint density at radius 2 is 0.781 bits per heavy atom. The molecule has 10 aromatic carbocycles. The van der Waals surface area contributed by atoms with Gasteiger partial charge in [0.05, 0.1) is 11.0 Å². The Kier molecular flexibility index (Phi) is 7.70. The van der Waals surface area contributed by atoms with E-state index in [9.17, 15) is 0 Å². The van der Waals surface area contributed by atoms with Crippen LogP contribution in [0.3, 0.4) is 0 Å². The normalized spacial score (nSPS) is 12.1. The van der Waals surface area contributed by atoms with E-state index in [1.807, 2.05) is 0 Å². The quantitative estimate of drug-likeness (QED) is 0.153. The van der Waals surface area contributed by atoms with E-state index in [-0.39, 0.29) is 14.5 Å². The molecule has 14 aromatic rings. The monoisotopic (exact) mass is 879 g/mol. The van der Waals surface area contributed by atoms with Crippen LogP contribution in [0, 0.1) is 0 Å². The summed E-state index contributed by atoms with van der Waals surface area (Å²) in [7, 11) is 0. The molecule has 4 heteroatoms. The fourth-order valence-electron chi connectivity index (χ4n) is 10.7. The third-order valence-electron chi connectivity index (χ3n) is 13.4. The van der Waals surface area contributed by atoms with Crippen molar-refractivity contribution in [3.63, 3.8) is 0 Å². The topological polar surface area (TPSA) is 14.8 Å². The van der Waals surface area contributed by atoms with Gasteiger partial charge in [-0.2, -0.15) is 0 Å². The Morgan fingerprint density at radius 1 is 0.281 bits per heavy atom. The predicted octanol–water partition coefficient (Wildman–Crippen LogP) is 15.7. The van der Waals surface area contributed by atoms with Crippen LogP contribution in [-0.4, -0.2) is 28.2 Å². The van der Waals surface area contributed by atoms with Crippen LogP contribution in [0.5, 0.6) is 0 Å². The molecule has 0 aliphatic carbocycles. The van der Waals surface area contributed by atoms with E-state index in [0.717, 1.165) is 11.4 Å². The number of fused-ring (bicyclic) bond motifs is 12. The molecule has 0 aliphatic rings. The van der Waals surface area contributed by atoms with E-state index >= 15 is 0 Å². The SMILES string of the molecule is c1ccc(-c2cccc(-c3cccc4c3[se]c3cccc(-n5c6ccccc6c6ccc(-n7c8ccccc8c8cc(-n9c%10ccccc%10c%10ccccc%109)ccc87)cc65)c34)c2)cc1. The standard InChI is InChI=1S/C60H37N3Se/c1-2-15-38(16-3-1)39-17-12-18-40(35-39)43-23-13-24-49-59-56(29-14-30-58(59)64-60(43)49)63-54-28-11-6-21-46(54)48-33-31-42(37-57(48)63)62-53-27-10-7-22-47(53)50-36-41(32-34-55(50)62)61-51-25-8-4-19-44(51)45-20-5-9-26-52(45)61/h1-37H. The van der Waals surface area contributed by atoms with E-state index in [1.54, 1.807) is 0 Å². The molecule has 0 N–H and O–H groups in total. The number of rotatable bonds is 5. The maximum absolute atomic E-state index is 2.54. The first-order chi connectivity index (χ1) is 31.8. The van der Waals surface area contributed by atoms with Crippen LogP contribution in [0.15, 0.2) is 224 Å². The maximum atomic E-state index is 2.54. The van der Waals surface area contributed by atoms with Crippen molar-refractivity contribution in [1.82, 2.24) is 13.7 Å². The van der Waals surface area contributed by atoms with Crippen molar-refractivity contribution in [3.8, 4) is 39.3 Å². The molecule has 0 bridgehead atoms. The van der Waals surface area contributed by atoms with Gasteiger partial charge in [-0.1, -0.05) is 36.4 Å². The van der Waals surface area contributed by atoms with E-state index in [1.165, 1.54) is 113 Å². The molecule has 0 aliphatic heterocycles. The van der Waals surface area contributed by atoms with Gasteiger partial charge in [-0.25, -0.2) is 0 Å². The summed E-state index contributed by atoms with van der Waals surface area (Å²) in [5.74, 6) is 0. The van der Waals surface area contributed by atoms with Crippen molar-refractivity contribution < 1.29 is 0 Å². The molecule has 0 amide bonds. The van der Waals surface area contributed by atoms with Gasteiger partial charge in [-0.3, -0.25) is 0 Å². The van der Waals surface area contributed by atoms with Gasteiger partial charge in [0.1, 0.15) is 0 Å². The molecule has 0 radical (unpaired) electrons. The zero-order chi connectivity index (χ0) is 41.9. The fourth-order valence-corrected chi connectivity index (χ4v) is 13.3. The van der Waals surface area contributed by atoms with Gasteiger partial charge in [-0.15, -0.1) is 0 Å². The molecule has 4 aromatic heterocycles. The van der Waals surface area contributed by atoms with Crippen LogP contribution in [0.2, 0.25) is 0 Å².